The number of sulfonamides is 1. The Labute approximate surface area is 120 Å². The first-order valence-electron chi connectivity index (χ1n) is 6.37. The summed E-state index contributed by atoms with van der Waals surface area (Å²) >= 11 is 0. The molecular weight excluding hydrogens is 276 g/mol. The summed E-state index contributed by atoms with van der Waals surface area (Å²) in [6.45, 7) is 1.60. The molecule has 5 nitrogen and oxygen atoms in total. The minimum absolute atomic E-state index is 0.372. The number of nitrogens with zero attached hydrogens (tertiary/aromatic N) is 2. The Morgan fingerprint density at radius 2 is 1.75 bits per heavy atom. The van der Waals surface area contributed by atoms with Gasteiger partial charge in [-0.25, -0.2) is 0 Å². The average Bonchev–Trinajstić information content (AvgIpc) is 2.46. The van der Waals surface area contributed by atoms with Crippen LogP contribution in [0.5, 0.6) is 0 Å². The third-order valence-corrected chi connectivity index (χ3v) is 4.42. The van der Waals surface area contributed by atoms with Crippen LogP contribution in [0.2, 0.25) is 0 Å². The third-order valence-electron chi connectivity index (χ3n) is 3.02. The first-order valence-corrected chi connectivity index (χ1v) is 7.81. The Bertz CT molecular complexity index is 606. The molecule has 1 aromatic rings. The summed E-state index contributed by atoms with van der Waals surface area (Å²) in [6, 6.07) is 7.45. The molecule has 1 aromatic carbocycles. The lowest BCUT2D eigenvalue weighted by Crippen LogP contribution is -2.39. The van der Waals surface area contributed by atoms with Crippen LogP contribution in [0.3, 0.4) is 0 Å². The van der Waals surface area contributed by atoms with Crippen LogP contribution in [-0.4, -0.2) is 53.1 Å². The van der Waals surface area contributed by atoms with Crippen molar-refractivity contribution in [3.05, 3.63) is 29.8 Å². The lowest BCUT2D eigenvalue weighted by Gasteiger charge is -2.23. The van der Waals surface area contributed by atoms with Gasteiger partial charge in [-0.1, -0.05) is 0 Å². The molecule has 0 spiro atoms. The number of anilines is 1. The molecule has 1 aliphatic heterocycles. The Morgan fingerprint density at radius 3 is 2.30 bits per heavy atom. The highest BCUT2D eigenvalue weighted by atomic mass is 32.2. The molecule has 0 amide bonds. The van der Waals surface area contributed by atoms with Crippen molar-refractivity contribution in [3.63, 3.8) is 0 Å². The minimum Gasteiger partial charge on any atom is -0.379 e. The molecule has 1 fully saturated rings. The highest BCUT2D eigenvalue weighted by molar-refractivity contribution is 7.93. The van der Waals surface area contributed by atoms with Crippen LogP contribution in [0.25, 0.3) is 0 Å². The van der Waals surface area contributed by atoms with Crippen LogP contribution in [0.1, 0.15) is 5.56 Å². The van der Waals surface area contributed by atoms with E-state index in [1.165, 1.54) is 4.31 Å². The molecule has 6 heteroatoms. The van der Waals surface area contributed by atoms with Crippen molar-refractivity contribution in [2.75, 3.05) is 45.3 Å². The number of ether oxygens (including phenoxy) is 1. The predicted octanol–water partition coefficient (Wildman–Crippen LogP) is 0.724. The molecule has 20 heavy (non-hydrogen) atoms. The van der Waals surface area contributed by atoms with Gasteiger partial charge in [-0.15, -0.1) is 0 Å². The van der Waals surface area contributed by atoms with Crippen LogP contribution in [-0.2, 0) is 14.8 Å². The minimum atomic E-state index is -3.53. The molecule has 0 unspecified atom stereocenters. The van der Waals surface area contributed by atoms with Gasteiger partial charge in [-0.05, 0) is 30.2 Å². The summed E-state index contributed by atoms with van der Waals surface area (Å²) in [6.07, 6.45) is 0. The highest BCUT2D eigenvalue weighted by Gasteiger charge is 2.21. The zero-order valence-corrected chi connectivity index (χ0v) is 12.5. The van der Waals surface area contributed by atoms with Crippen molar-refractivity contribution in [1.82, 2.24) is 4.31 Å². The van der Waals surface area contributed by atoms with Gasteiger partial charge < -0.3 is 9.64 Å². The number of hydrogen-bond donors (Lipinski definition) is 0. The fourth-order valence-electron chi connectivity index (χ4n) is 1.82. The Morgan fingerprint density at radius 1 is 1.15 bits per heavy atom. The van der Waals surface area contributed by atoms with Gasteiger partial charge in [0.05, 0.1) is 13.2 Å². The molecule has 0 saturated carbocycles. The second-order valence-electron chi connectivity index (χ2n) is 4.68. The van der Waals surface area contributed by atoms with Crippen LogP contribution in [0, 0.1) is 11.2 Å². The lowest BCUT2D eigenvalue weighted by molar-refractivity contribution is 0.0737. The number of benzene rings is 1. The van der Waals surface area contributed by atoms with Gasteiger partial charge in [0.15, 0.2) is 0 Å². The molecular formula is C14H18N2O3S. The molecule has 108 valence electrons. The number of hydrogen-bond acceptors (Lipinski definition) is 4. The fraction of sp³-hybridized carbons (Fsp3) is 0.429. The molecule has 1 saturated heterocycles. The van der Waals surface area contributed by atoms with Gasteiger partial charge in [0.1, 0.15) is 0 Å². The first kappa shape index (κ1) is 14.9. The third kappa shape index (κ3) is 3.73. The zero-order valence-electron chi connectivity index (χ0n) is 11.7. The molecule has 0 bridgehead atoms. The Kier molecular flexibility index (Phi) is 4.65. The zero-order chi connectivity index (χ0) is 14.6. The van der Waals surface area contributed by atoms with Gasteiger partial charge in [0.2, 0.25) is 0 Å². The molecule has 0 aromatic heterocycles. The van der Waals surface area contributed by atoms with Gasteiger partial charge in [-0.3, -0.25) is 0 Å². The van der Waals surface area contributed by atoms with E-state index in [1.807, 2.05) is 43.3 Å². The Balaban J connectivity index is 2.12. The van der Waals surface area contributed by atoms with E-state index >= 15 is 0 Å². The summed E-state index contributed by atoms with van der Waals surface area (Å²) in [4.78, 5) is 1.97. The SMILES string of the molecule is CN(C)c1ccc(C#CS(=O)(=O)N2CCOCC2)cc1. The van der Waals surface area contributed by atoms with Crippen molar-refractivity contribution >= 4 is 15.7 Å². The van der Waals surface area contributed by atoms with E-state index in [4.69, 9.17) is 4.74 Å². The maximum Gasteiger partial charge on any atom is 0.283 e. The van der Waals surface area contributed by atoms with E-state index in [9.17, 15) is 8.42 Å². The first-order chi connectivity index (χ1) is 9.49. The normalized spacial score (nSPS) is 16.3. The van der Waals surface area contributed by atoms with E-state index in [1.54, 1.807) is 0 Å². The van der Waals surface area contributed by atoms with Crippen LogP contribution in [0.15, 0.2) is 24.3 Å². The molecule has 1 heterocycles. The number of morpholine rings is 1. The predicted molar refractivity (Wildman–Crippen MR) is 79.0 cm³/mol. The second kappa shape index (κ2) is 6.27. The largest absolute Gasteiger partial charge is 0.379 e. The summed E-state index contributed by atoms with van der Waals surface area (Å²) in [5.41, 5.74) is 1.74. The molecule has 0 N–H and O–H groups in total. The smallest absolute Gasteiger partial charge is 0.283 e. The fourth-order valence-corrected chi connectivity index (χ4v) is 2.82. The van der Waals surface area contributed by atoms with Crippen molar-refractivity contribution < 1.29 is 13.2 Å². The molecule has 0 atom stereocenters. The van der Waals surface area contributed by atoms with Gasteiger partial charge >= 0.3 is 0 Å². The summed E-state index contributed by atoms with van der Waals surface area (Å²) in [7, 11) is 0.370. The van der Waals surface area contributed by atoms with E-state index in [2.05, 4.69) is 11.2 Å². The molecule has 1 aliphatic rings. The van der Waals surface area contributed by atoms with E-state index in [-0.39, 0.29) is 0 Å². The van der Waals surface area contributed by atoms with Crippen LogP contribution >= 0.6 is 0 Å². The van der Waals surface area contributed by atoms with Crippen molar-refractivity contribution in [3.8, 4) is 11.2 Å². The summed E-state index contributed by atoms with van der Waals surface area (Å²) in [5, 5.41) is 2.37. The van der Waals surface area contributed by atoms with Gasteiger partial charge in [0.25, 0.3) is 10.0 Å². The average molecular weight is 294 g/mol. The Hall–Kier alpha value is -1.55. The number of rotatable bonds is 2. The second-order valence-corrected chi connectivity index (χ2v) is 6.36. The van der Waals surface area contributed by atoms with E-state index in [0.717, 1.165) is 5.69 Å². The lowest BCUT2D eigenvalue weighted by atomic mass is 10.2. The standard InChI is InChI=1S/C14H18N2O3S/c1-15(2)14-5-3-13(4-6-14)7-12-20(17,18)16-8-10-19-11-9-16/h3-6H,8-11H2,1-2H3. The topological polar surface area (TPSA) is 49.9 Å². The van der Waals surface area contributed by atoms with Gasteiger partial charge in [0, 0.05) is 43.7 Å². The molecule has 0 aliphatic carbocycles. The van der Waals surface area contributed by atoms with Crippen LogP contribution in [0.4, 0.5) is 5.69 Å². The maximum absolute atomic E-state index is 12.0. The van der Waals surface area contributed by atoms with Crippen molar-refractivity contribution in [2.24, 2.45) is 0 Å². The van der Waals surface area contributed by atoms with Crippen LogP contribution < -0.4 is 4.90 Å². The van der Waals surface area contributed by atoms with Crippen molar-refractivity contribution in [1.29, 1.82) is 0 Å². The van der Waals surface area contributed by atoms with E-state index in [0.29, 0.717) is 31.9 Å². The summed E-state index contributed by atoms with van der Waals surface area (Å²) < 4.78 is 30.5. The summed E-state index contributed by atoms with van der Waals surface area (Å²) in [5.74, 6) is 2.71. The van der Waals surface area contributed by atoms with Crippen molar-refractivity contribution in [2.45, 2.75) is 0 Å². The molecule has 2 rings (SSSR count). The highest BCUT2D eigenvalue weighted by Crippen LogP contribution is 2.11. The molecule has 0 radical (unpaired) electrons. The maximum atomic E-state index is 12.0. The van der Waals surface area contributed by atoms with E-state index < -0.39 is 10.0 Å². The quantitative estimate of drug-likeness (QED) is 0.754. The van der Waals surface area contributed by atoms with Gasteiger partial charge in [-0.2, -0.15) is 12.7 Å². The monoisotopic (exact) mass is 294 g/mol.